The molecule has 1 aromatic carbocycles. The van der Waals surface area contributed by atoms with Crippen molar-refractivity contribution in [2.75, 3.05) is 0 Å². The van der Waals surface area contributed by atoms with Crippen LogP contribution in [-0.4, -0.2) is 11.1 Å². The second-order valence-corrected chi connectivity index (χ2v) is 7.38. The van der Waals surface area contributed by atoms with Gasteiger partial charge in [0, 0.05) is 12.3 Å². The van der Waals surface area contributed by atoms with Crippen LogP contribution in [-0.2, 0) is 0 Å². The quantitative estimate of drug-likeness (QED) is 0.661. The maximum atomic E-state index is 5.08. The van der Waals surface area contributed by atoms with E-state index in [1.165, 1.54) is 53.2 Å². The molecule has 2 fully saturated rings. The fraction of sp³-hybridized carbons (Fsp3) is 0.421. The smallest absolute Gasteiger partial charge is 0.0733 e. The summed E-state index contributed by atoms with van der Waals surface area (Å²) in [5.74, 6) is 0.531. The average Bonchev–Trinajstić information content (AvgIpc) is 2.83. The molecule has 0 aromatic heterocycles. The molecule has 3 aliphatic rings. The van der Waals surface area contributed by atoms with Crippen LogP contribution in [0.5, 0.6) is 0 Å². The van der Waals surface area contributed by atoms with Gasteiger partial charge in [0.25, 0.3) is 0 Å². The van der Waals surface area contributed by atoms with Gasteiger partial charge < -0.3 is 0 Å². The van der Waals surface area contributed by atoms with Gasteiger partial charge in [-0.2, -0.15) is 0 Å². The molecule has 1 aliphatic heterocycles. The number of nitrogens with zero attached hydrogens (tertiary/aromatic N) is 1. The van der Waals surface area contributed by atoms with Gasteiger partial charge in [0.1, 0.15) is 0 Å². The summed E-state index contributed by atoms with van der Waals surface area (Å²) < 4.78 is 0. The van der Waals surface area contributed by atoms with Gasteiger partial charge in [-0.05, 0) is 28.9 Å². The molecule has 2 aliphatic carbocycles. The Morgan fingerprint density at radius 2 is 1.90 bits per heavy atom. The van der Waals surface area contributed by atoms with Gasteiger partial charge in [-0.3, -0.25) is 4.99 Å². The van der Waals surface area contributed by atoms with Crippen molar-refractivity contribution in [1.29, 1.82) is 0 Å². The zero-order valence-electron chi connectivity index (χ0n) is 12.3. The van der Waals surface area contributed by atoms with E-state index in [4.69, 9.17) is 4.99 Å². The van der Waals surface area contributed by atoms with Crippen molar-refractivity contribution in [1.82, 2.24) is 0 Å². The van der Waals surface area contributed by atoms with Crippen LogP contribution in [0.4, 0.5) is 0 Å². The Kier molecular flexibility index (Phi) is 3.72. The van der Waals surface area contributed by atoms with E-state index in [0.29, 0.717) is 12.0 Å². The van der Waals surface area contributed by atoms with Crippen molar-refractivity contribution >= 4 is 22.9 Å². The fourth-order valence-electron chi connectivity index (χ4n) is 3.66. The molecule has 1 saturated carbocycles. The van der Waals surface area contributed by atoms with Crippen LogP contribution < -0.4 is 0 Å². The Labute approximate surface area is 131 Å². The molecule has 1 unspecified atom stereocenters. The lowest BCUT2D eigenvalue weighted by molar-refractivity contribution is 0.443. The van der Waals surface area contributed by atoms with Crippen molar-refractivity contribution in [3.63, 3.8) is 0 Å². The first-order valence-corrected chi connectivity index (χ1v) is 8.93. The normalized spacial score (nSPS) is 27.1. The van der Waals surface area contributed by atoms with Crippen LogP contribution in [0.15, 0.2) is 46.3 Å². The van der Waals surface area contributed by atoms with E-state index >= 15 is 0 Å². The van der Waals surface area contributed by atoms with Crippen molar-refractivity contribution in [3.05, 3.63) is 52.4 Å². The third-order valence-corrected chi connectivity index (χ3v) is 5.93. The lowest BCUT2D eigenvalue weighted by atomic mass is 9.92. The van der Waals surface area contributed by atoms with E-state index in [1.807, 2.05) is 11.8 Å². The molecule has 0 spiro atoms. The van der Waals surface area contributed by atoms with E-state index in [9.17, 15) is 0 Å². The fourth-order valence-corrected chi connectivity index (χ4v) is 4.88. The van der Waals surface area contributed by atoms with E-state index < -0.39 is 0 Å². The Morgan fingerprint density at radius 3 is 2.81 bits per heavy atom. The van der Waals surface area contributed by atoms with E-state index in [2.05, 4.69) is 42.5 Å². The van der Waals surface area contributed by atoms with Crippen LogP contribution >= 0.6 is 11.8 Å². The van der Waals surface area contributed by atoms with Gasteiger partial charge in [0.15, 0.2) is 0 Å². The number of fused-ring (bicyclic) bond motifs is 3. The largest absolute Gasteiger partial charge is 0.279 e. The molecule has 2 heteroatoms. The van der Waals surface area contributed by atoms with Crippen molar-refractivity contribution in [2.24, 2.45) is 4.99 Å². The van der Waals surface area contributed by atoms with E-state index in [-0.39, 0.29) is 0 Å². The Balaban J connectivity index is 1.61. The second kappa shape index (κ2) is 5.84. The molecule has 108 valence electrons. The van der Waals surface area contributed by atoms with Gasteiger partial charge in [-0.25, -0.2) is 0 Å². The molecular weight excluding hydrogens is 274 g/mol. The summed E-state index contributed by atoms with van der Waals surface area (Å²) in [6.07, 6.45) is 14.6. The van der Waals surface area contributed by atoms with Crippen molar-refractivity contribution in [2.45, 2.75) is 50.5 Å². The Hall–Kier alpha value is -1.28. The van der Waals surface area contributed by atoms with Crippen LogP contribution in [0.1, 0.15) is 55.6 Å². The third kappa shape index (κ3) is 2.74. The predicted octanol–water partition coefficient (Wildman–Crippen LogP) is 5.55. The number of benzene rings is 1. The lowest BCUT2D eigenvalue weighted by Gasteiger charge is -2.18. The summed E-state index contributed by atoms with van der Waals surface area (Å²) >= 11 is 1.93. The van der Waals surface area contributed by atoms with Crippen LogP contribution in [0.3, 0.4) is 0 Å². The Bertz CT molecular complexity index is 620. The number of allylic oxidation sites excluding steroid dienone is 3. The first-order chi connectivity index (χ1) is 10.4. The summed E-state index contributed by atoms with van der Waals surface area (Å²) in [5.41, 5.74) is 2.84. The maximum Gasteiger partial charge on any atom is 0.0733 e. The standard InChI is InChI=1S/C19H21NS/c1-2-9-15(10-3-1)20-19-13-17-16-11-5-4-7-14(16)8-6-12-18(17)21-19/h4-8,11-12,15,17H,1-3,9-10,13H2. The molecule has 0 amide bonds. The van der Waals surface area contributed by atoms with E-state index in [1.54, 1.807) is 0 Å². The first-order valence-electron chi connectivity index (χ1n) is 8.12. The molecule has 21 heavy (non-hydrogen) atoms. The first kappa shape index (κ1) is 13.4. The summed E-state index contributed by atoms with van der Waals surface area (Å²) in [6, 6.07) is 9.40. The highest BCUT2D eigenvalue weighted by Crippen LogP contribution is 2.47. The number of hydrogen-bond acceptors (Lipinski definition) is 2. The van der Waals surface area contributed by atoms with Crippen LogP contribution in [0.2, 0.25) is 0 Å². The monoisotopic (exact) mass is 295 g/mol. The summed E-state index contributed by atoms with van der Waals surface area (Å²) in [7, 11) is 0. The predicted molar refractivity (Wildman–Crippen MR) is 92.8 cm³/mol. The van der Waals surface area contributed by atoms with Gasteiger partial charge >= 0.3 is 0 Å². The molecule has 0 N–H and O–H groups in total. The van der Waals surface area contributed by atoms with Gasteiger partial charge in [0.05, 0.1) is 11.1 Å². The molecule has 1 nitrogen and oxygen atoms in total. The number of thioether (sulfide) groups is 1. The Morgan fingerprint density at radius 1 is 1.05 bits per heavy atom. The zero-order chi connectivity index (χ0) is 14.1. The minimum absolute atomic E-state index is 0.531. The minimum atomic E-state index is 0.531. The number of aliphatic imine (C=N–C) groups is 1. The highest BCUT2D eigenvalue weighted by molar-refractivity contribution is 8.17. The molecule has 0 bridgehead atoms. The molecule has 1 atom stereocenters. The molecule has 1 saturated heterocycles. The molecule has 1 heterocycles. The average molecular weight is 295 g/mol. The van der Waals surface area contributed by atoms with Crippen LogP contribution in [0, 0.1) is 0 Å². The summed E-state index contributed by atoms with van der Waals surface area (Å²) in [6.45, 7) is 0. The topological polar surface area (TPSA) is 12.4 Å². The lowest BCUT2D eigenvalue weighted by Crippen LogP contribution is -2.11. The molecule has 0 radical (unpaired) electrons. The third-order valence-electron chi connectivity index (χ3n) is 4.77. The second-order valence-electron chi connectivity index (χ2n) is 6.23. The maximum absolute atomic E-state index is 5.08. The molecule has 1 aromatic rings. The van der Waals surface area contributed by atoms with Gasteiger partial charge in [-0.15, -0.1) is 0 Å². The van der Waals surface area contributed by atoms with Crippen LogP contribution in [0.25, 0.3) is 6.08 Å². The summed E-state index contributed by atoms with van der Waals surface area (Å²) in [4.78, 5) is 6.55. The zero-order valence-corrected chi connectivity index (χ0v) is 13.1. The molecule has 4 rings (SSSR count). The van der Waals surface area contributed by atoms with Gasteiger partial charge in [-0.1, -0.05) is 73.5 Å². The number of hydrogen-bond donors (Lipinski definition) is 0. The van der Waals surface area contributed by atoms with Crippen molar-refractivity contribution in [3.8, 4) is 0 Å². The number of rotatable bonds is 1. The highest BCUT2D eigenvalue weighted by Gasteiger charge is 2.30. The van der Waals surface area contributed by atoms with E-state index in [0.717, 1.165) is 6.42 Å². The highest BCUT2D eigenvalue weighted by atomic mass is 32.2. The summed E-state index contributed by atoms with van der Waals surface area (Å²) in [5, 5.41) is 1.36. The molecular formula is C19H21NS. The minimum Gasteiger partial charge on any atom is -0.279 e. The van der Waals surface area contributed by atoms with Crippen molar-refractivity contribution < 1.29 is 0 Å². The van der Waals surface area contributed by atoms with Gasteiger partial charge in [0.2, 0.25) is 0 Å². The SMILES string of the molecule is C1=Cc2ccccc2C2CC(=NC3CCCCC3)SC2=C1.